The minimum Gasteiger partial charge on any atom is -0.497 e. The van der Waals surface area contributed by atoms with Crippen LogP contribution in [-0.2, 0) is 6.54 Å². The number of amides is 1. The molecular formula is C22H21FN4O4. The van der Waals surface area contributed by atoms with Crippen LogP contribution in [0.2, 0.25) is 0 Å². The average Bonchev–Trinajstić information content (AvgIpc) is 3.60. The zero-order chi connectivity index (χ0) is 22.0. The molecule has 1 fully saturated rings. The predicted molar refractivity (Wildman–Crippen MR) is 111 cm³/mol. The Bertz CT molecular complexity index is 1230. The number of rotatable bonds is 7. The van der Waals surface area contributed by atoms with Gasteiger partial charge in [-0.15, -0.1) is 0 Å². The number of carbonyl (C=O) groups is 1. The van der Waals surface area contributed by atoms with E-state index >= 15 is 0 Å². The van der Waals surface area contributed by atoms with Crippen LogP contribution in [0.25, 0.3) is 5.69 Å². The van der Waals surface area contributed by atoms with E-state index in [-0.39, 0.29) is 6.54 Å². The van der Waals surface area contributed by atoms with Crippen LogP contribution in [0.1, 0.15) is 28.9 Å². The highest BCUT2D eigenvalue weighted by Crippen LogP contribution is 2.27. The molecule has 1 aromatic heterocycles. The van der Waals surface area contributed by atoms with Gasteiger partial charge < -0.3 is 10.1 Å². The Morgan fingerprint density at radius 3 is 2.58 bits per heavy atom. The van der Waals surface area contributed by atoms with E-state index in [4.69, 9.17) is 4.74 Å². The van der Waals surface area contributed by atoms with E-state index in [0.717, 1.165) is 22.1 Å². The normalized spacial score (nSPS) is 13.1. The Labute approximate surface area is 176 Å². The van der Waals surface area contributed by atoms with E-state index in [0.29, 0.717) is 29.5 Å². The van der Waals surface area contributed by atoms with E-state index in [1.165, 1.54) is 25.3 Å². The van der Waals surface area contributed by atoms with Gasteiger partial charge in [0.05, 0.1) is 19.3 Å². The maximum Gasteiger partial charge on any atom is 0.352 e. The second-order valence-electron chi connectivity index (χ2n) is 7.42. The van der Waals surface area contributed by atoms with E-state index in [9.17, 15) is 18.8 Å². The van der Waals surface area contributed by atoms with E-state index in [2.05, 4.69) is 10.4 Å². The fraction of sp³-hybridized carbons (Fsp3) is 0.273. The lowest BCUT2D eigenvalue weighted by Crippen LogP contribution is -2.46. The zero-order valence-corrected chi connectivity index (χ0v) is 16.9. The summed E-state index contributed by atoms with van der Waals surface area (Å²) >= 11 is 0. The summed E-state index contributed by atoms with van der Waals surface area (Å²) in [5.74, 6) is -0.150. The lowest BCUT2D eigenvalue weighted by Gasteiger charge is -2.13. The number of aromatic nitrogens is 3. The molecule has 0 aliphatic heterocycles. The van der Waals surface area contributed by atoms with Crippen LogP contribution in [0.4, 0.5) is 4.39 Å². The van der Waals surface area contributed by atoms with Gasteiger partial charge in [-0.1, -0.05) is 12.1 Å². The molecule has 0 spiro atoms. The molecule has 1 saturated carbocycles. The van der Waals surface area contributed by atoms with Gasteiger partial charge in [0, 0.05) is 6.54 Å². The molecule has 3 aromatic rings. The van der Waals surface area contributed by atoms with Gasteiger partial charge in [0.15, 0.2) is 0 Å². The van der Waals surface area contributed by atoms with Gasteiger partial charge in [-0.25, -0.2) is 9.18 Å². The molecule has 1 aliphatic carbocycles. The van der Waals surface area contributed by atoms with Crippen molar-refractivity contribution in [2.75, 3.05) is 13.7 Å². The Morgan fingerprint density at radius 2 is 1.94 bits per heavy atom. The highest BCUT2D eigenvalue weighted by molar-refractivity contribution is 5.91. The first-order chi connectivity index (χ1) is 15.0. The quantitative estimate of drug-likeness (QED) is 0.623. The second kappa shape index (κ2) is 8.55. The highest BCUT2D eigenvalue weighted by Gasteiger charge is 2.25. The Balaban J connectivity index is 1.80. The predicted octanol–water partition coefficient (Wildman–Crippen LogP) is 1.73. The topological polar surface area (TPSA) is 95.2 Å². The summed E-state index contributed by atoms with van der Waals surface area (Å²) in [4.78, 5) is 38.7. The number of nitrogens with zero attached hydrogens (tertiary/aromatic N) is 3. The number of carbonyl (C=O) groups excluding carboxylic acids is 1. The highest BCUT2D eigenvalue weighted by atomic mass is 19.1. The molecule has 1 heterocycles. The largest absolute Gasteiger partial charge is 0.497 e. The third-order valence-corrected chi connectivity index (χ3v) is 5.07. The summed E-state index contributed by atoms with van der Waals surface area (Å²) in [5, 5.41) is 6.77. The molecule has 4 rings (SSSR count). The number of hydrogen-bond acceptors (Lipinski definition) is 5. The fourth-order valence-corrected chi connectivity index (χ4v) is 3.15. The molecule has 2 aromatic carbocycles. The molecule has 9 heteroatoms. The van der Waals surface area contributed by atoms with Gasteiger partial charge in [-0.05, 0) is 60.7 Å². The van der Waals surface area contributed by atoms with E-state index in [1.807, 2.05) is 0 Å². The molecule has 160 valence electrons. The summed E-state index contributed by atoms with van der Waals surface area (Å²) in [6.45, 7) is 0.252. The van der Waals surface area contributed by atoms with Crippen molar-refractivity contribution >= 4 is 5.91 Å². The molecular weight excluding hydrogens is 403 g/mol. The molecule has 1 amide bonds. The third kappa shape index (κ3) is 4.55. The summed E-state index contributed by atoms with van der Waals surface area (Å²) in [5.41, 5.74) is -1.19. The fourth-order valence-electron chi connectivity index (χ4n) is 3.15. The maximum atomic E-state index is 13.6. The first kappa shape index (κ1) is 20.5. The summed E-state index contributed by atoms with van der Waals surface area (Å²) in [7, 11) is 1.51. The van der Waals surface area contributed by atoms with Crippen molar-refractivity contribution in [3.63, 3.8) is 0 Å². The van der Waals surface area contributed by atoms with Crippen molar-refractivity contribution in [1.82, 2.24) is 19.7 Å². The maximum absolute atomic E-state index is 13.6. The molecule has 0 unspecified atom stereocenters. The smallest absolute Gasteiger partial charge is 0.352 e. The van der Waals surface area contributed by atoms with Crippen LogP contribution < -0.4 is 21.3 Å². The standard InChI is InChI=1S/C22H21FN4O4/c1-31-18-9-7-17(8-10-18)27-22(30)26(13-15-3-2-4-16(23)11-15)21(29)19(25-27)20(28)24-12-14-5-6-14/h2-4,7-11,14H,5-6,12-13H2,1H3,(H,24,28). The van der Waals surface area contributed by atoms with Gasteiger partial charge >= 0.3 is 5.69 Å². The number of nitrogens with one attached hydrogen (secondary N) is 1. The van der Waals surface area contributed by atoms with Crippen LogP contribution in [-0.4, -0.2) is 33.9 Å². The number of benzene rings is 2. The van der Waals surface area contributed by atoms with Crippen molar-refractivity contribution in [3.05, 3.63) is 86.4 Å². The van der Waals surface area contributed by atoms with Gasteiger partial charge in [0.25, 0.3) is 11.5 Å². The third-order valence-electron chi connectivity index (χ3n) is 5.07. The van der Waals surface area contributed by atoms with Gasteiger partial charge in [0.1, 0.15) is 11.6 Å². The SMILES string of the molecule is COc1ccc(-n2nc(C(=O)NCC3CC3)c(=O)n(Cc3cccc(F)c3)c2=O)cc1. The first-order valence-corrected chi connectivity index (χ1v) is 9.87. The molecule has 1 N–H and O–H groups in total. The molecule has 0 saturated heterocycles. The number of ether oxygens (including phenoxy) is 1. The van der Waals surface area contributed by atoms with Crippen molar-refractivity contribution in [3.8, 4) is 11.4 Å². The van der Waals surface area contributed by atoms with Crippen molar-refractivity contribution < 1.29 is 13.9 Å². The second-order valence-corrected chi connectivity index (χ2v) is 7.42. The number of hydrogen-bond donors (Lipinski definition) is 1. The monoisotopic (exact) mass is 424 g/mol. The number of halogens is 1. The van der Waals surface area contributed by atoms with Gasteiger partial charge in [-0.2, -0.15) is 9.78 Å². The number of methoxy groups -OCH3 is 1. The molecule has 8 nitrogen and oxygen atoms in total. The van der Waals surface area contributed by atoms with Crippen molar-refractivity contribution in [2.45, 2.75) is 19.4 Å². The van der Waals surface area contributed by atoms with Crippen LogP contribution in [0.3, 0.4) is 0 Å². The van der Waals surface area contributed by atoms with Crippen molar-refractivity contribution in [1.29, 1.82) is 0 Å². The van der Waals surface area contributed by atoms with Gasteiger partial charge in [-0.3, -0.25) is 14.2 Å². The molecule has 0 atom stereocenters. The Hall–Kier alpha value is -3.75. The summed E-state index contributed by atoms with van der Waals surface area (Å²) < 4.78 is 20.6. The lowest BCUT2D eigenvalue weighted by molar-refractivity contribution is 0.0942. The molecule has 0 radical (unpaired) electrons. The molecule has 1 aliphatic rings. The molecule has 0 bridgehead atoms. The van der Waals surface area contributed by atoms with E-state index in [1.54, 1.807) is 30.3 Å². The van der Waals surface area contributed by atoms with Crippen molar-refractivity contribution in [2.24, 2.45) is 5.92 Å². The Morgan fingerprint density at radius 1 is 1.19 bits per heavy atom. The van der Waals surface area contributed by atoms with Crippen LogP contribution in [0.5, 0.6) is 5.75 Å². The molecule has 31 heavy (non-hydrogen) atoms. The average molecular weight is 424 g/mol. The minimum atomic E-state index is -0.827. The van der Waals surface area contributed by atoms with Crippen LogP contribution >= 0.6 is 0 Å². The lowest BCUT2D eigenvalue weighted by atomic mass is 10.2. The van der Waals surface area contributed by atoms with Crippen LogP contribution in [0, 0.1) is 11.7 Å². The minimum absolute atomic E-state index is 0.197. The Kier molecular flexibility index (Phi) is 5.66. The first-order valence-electron chi connectivity index (χ1n) is 9.87. The van der Waals surface area contributed by atoms with E-state index < -0.39 is 28.7 Å². The summed E-state index contributed by atoms with van der Waals surface area (Å²) in [6.07, 6.45) is 2.06. The summed E-state index contributed by atoms with van der Waals surface area (Å²) in [6, 6.07) is 12.0. The zero-order valence-electron chi connectivity index (χ0n) is 16.9. The van der Waals surface area contributed by atoms with Gasteiger partial charge in [0.2, 0.25) is 5.69 Å². The van der Waals surface area contributed by atoms with Crippen LogP contribution in [0.15, 0.2) is 58.1 Å².